The first-order chi connectivity index (χ1) is 9.68. The normalized spacial score (nSPS) is 20.8. The second kappa shape index (κ2) is 5.74. The van der Waals surface area contributed by atoms with Crippen molar-refractivity contribution in [3.63, 3.8) is 0 Å². The summed E-state index contributed by atoms with van der Waals surface area (Å²) >= 11 is 0. The smallest absolute Gasteiger partial charge is 0.243 e. The summed E-state index contributed by atoms with van der Waals surface area (Å²) in [6, 6.07) is 5.49. The quantitative estimate of drug-likeness (QED) is 0.912. The van der Waals surface area contributed by atoms with Crippen molar-refractivity contribution in [2.24, 2.45) is 0 Å². The molecule has 0 spiro atoms. The van der Waals surface area contributed by atoms with E-state index in [1.165, 1.54) is 6.42 Å². The topological polar surface area (TPSA) is 49.4 Å². The van der Waals surface area contributed by atoms with Gasteiger partial charge in [0.25, 0.3) is 0 Å². The molecule has 110 valence electrons. The van der Waals surface area contributed by atoms with Crippen molar-refractivity contribution < 1.29 is 8.42 Å². The largest absolute Gasteiger partial charge is 0.384 e. The van der Waals surface area contributed by atoms with E-state index >= 15 is 0 Å². The molecule has 0 aliphatic carbocycles. The maximum Gasteiger partial charge on any atom is 0.243 e. The first-order valence-electron chi connectivity index (χ1n) is 7.55. The number of rotatable bonds is 2. The average Bonchev–Trinajstić information content (AvgIpc) is 2.84. The van der Waals surface area contributed by atoms with E-state index in [9.17, 15) is 8.42 Å². The number of anilines is 1. The van der Waals surface area contributed by atoms with Crippen molar-refractivity contribution in [2.75, 3.05) is 25.0 Å². The zero-order valence-corrected chi connectivity index (χ0v) is 12.6. The Morgan fingerprint density at radius 3 is 2.45 bits per heavy atom. The van der Waals surface area contributed by atoms with Crippen LogP contribution in [0.2, 0.25) is 0 Å². The van der Waals surface area contributed by atoms with E-state index < -0.39 is 10.0 Å². The minimum absolute atomic E-state index is 0.459. The summed E-state index contributed by atoms with van der Waals surface area (Å²) < 4.78 is 27.2. The van der Waals surface area contributed by atoms with Crippen LogP contribution in [-0.2, 0) is 16.4 Å². The predicted octanol–water partition coefficient (Wildman–Crippen LogP) is 2.61. The van der Waals surface area contributed by atoms with Gasteiger partial charge >= 0.3 is 0 Å². The van der Waals surface area contributed by atoms with E-state index in [0.717, 1.165) is 49.9 Å². The third kappa shape index (κ3) is 2.69. The fraction of sp³-hybridized carbons (Fsp3) is 0.600. The van der Waals surface area contributed by atoms with Gasteiger partial charge in [0.1, 0.15) is 0 Å². The minimum Gasteiger partial charge on any atom is -0.384 e. The van der Waals surface area contributed by atoms with Crippen LogP contribution in [-0.4, -0.2) is 32.4 Å². The molecule has 1 aromatic rings. The molecule has 4 nitrogen and oxygen atoms in total. The summed E-state index contributed by atoms with van der Waals surface area (Å²) in [6.07, 6.45) is 6.38. The number of hydrogen-bond acceptors (Lipinski definition) is 3. The Kier molecular flexibility index (Phi) is 3.98. The molecule has 20 heavy (non-hydrogen) atoms. The predicted molar refractivity (Wildman–Crippen MR) is 80.5 cm³/mol. The van der Waals surface area contributed by atoms with Crippen LogP contribution in [0.25, 0.3) is 0 Å². The maximum atomic E-state index is 12.8. The first-order valence-corrected chi connectivity index (χ1v) is 8.99. The van der Waals surface area contributed by atoms with Gasteiger partial charge in [0.15, 0.2) is 0 Å². The Labute approximate surface area is 121 Å². The summed E-state index contributed by atoms with van der Waals surface area (Å²) in [7, 11) is -3.32. The Morgan fingerprint density at radius 1 is 1.00 bits per heavy atom. The summed E-state index contributed by atoms with van der Waals surface area (Å²) in [4.78, 5) is 0.459. The molecule has 2 aliphatic rings. The SMILES string of the molecule is O=S(=O)(c1ccc2c(c1)CCN2)N1CCCCCCC1. The molecule has 0 aromatic heterocycles. The highest BCUT2D eigenvalue weighted by molar-refractivity contribution is 7.89. The molecule has 1 fully saturated rings. The number of fused-ring (bicyclic) bond motifs is 1. The molecule has 3 rings (SSSR count). The number of hydrogen-bond donors (Lipinski definition) is 1. The first kappa shape index (κ1) is 13.9. The van der Waals surface area contributed by atoms with Crippen LogP contribution in [0.3, 0.4) is 0 Å². The van der Waals surface area contributed by atoms with Gasteiger partial charge < -0.3 is 5.32 Å². The van der Waals surface area contributed by atoms with Crippen LogP contribution < -0.4 is 5.32 Å². The zero-order chi connectivity index (χ0) is 14.0. The molecule has 1 N–H and O–H groups in total. The van der Waals surface area contributed by atoms with E-state index in [0.29, 0.717) is 18.0 Å². The molecule has 2 heterocycles. The van der Waals surface area contributed by atoms with Crippen molar-refractivity contribution >= 4 is 15.7 Å². The van der Waals surface area contributed by atoms with Gasteiger partial charge in [0.05, 0.1) is 4.90 Å². The van der Waals surface area contributed by atoms with E-state index in [-0.39, 0.29) is 0 Å². The van der Waals surface area contributed by atoms with Crippen LogP contribution in [0, 0.1) is 0 Å². The second-order valence-corrected chi connectivity index (χ2v) is 7.61. The second-order valence-electron chi connectivity index (χ2n) is 5.67. The third-order valence-electron chi connectivity index (χ3n) is 4.24. The summed E-state index contributed by atoms with van der Waals surface area (Å²) in [5.74, 6) is 0. The Balaban J connectivity index is 1.86. The van der Waals surface area contributed by atoms with Crippen molar-refractivity contribution in [1.29, 1.82) is 0 Å². The molecule has 0 radical (unpaired) electrons. The third-order valence-corrected chi connectivity index (χ3v) is 6.13. The Bertz CT molecular complexity index is 576. The lowest BCUT2D eigenvalue weighted by Gasteiger charge is -2.24. The van der Waals surface area contributed by atoms with Gasteiger partial charge in [-0.05, 0) is 43.0 Å². The monoisotopic (exact) mass is 294 g/mol. The molecule has 5 heteroatoms. The highest BCUT2D eigenvalue weighted by atomic mass is 32.2. The van der Waals surface area contributed by atoms with Gasteiger partial charge in [-0.2, -0.15) is 4.31 Å². The van der Waals surface area contributed by atoms with Crippen molar-refractivity contribution in [3.8, 4) is 0 Å². The molecular formula is C15H22N2O2S. The molecule has 2 aliphatic heterocycles. The minimum atomic E-state index is -3.32. The Hall–Kier alpha value is -1.07. The highest BCUT2D eigenvalue weighted by Gasteiger charge is 2.25. The molecule has 0 saturated carbocycles. The summed E-state index contributed by atoms with van der Waals surface area (Å²) in [6.45, 7) is 2.23. The van der Waals surface area contributed by atoms with Crippen molar-refractivity contribution in [1.82, 2.24) is 4.31 Å². The zero-order valence-electron chi connectivity index (χ0n) is 11.8. The van der Waals surface area contributed by atoms with Crippen LogP contribution in [0.15, 0.2) is 23.1 Å². The molecule has 1 saturated heterocycles. The van der Waals surface area contributed by atoms with Gasteiger partial charge in [-0.25, -0.2) is 8.42 Å². The molecule has 0 bridgehead atoms. The van der Waals surface area contributed by atoms with Crippen molar-refractivity contribution in [3.05, 3.63) is 23.8 Å². The van der Waals surface area contributed by atoms with E-state index in [2.05, 4.69) is 5.32 Å². The molecule has 1 aromatic carbocycles. The number of nitrogens with zero attached hydrogens (tertiary/aromatic N) is 1. The lowest BCUT2D eigenvalue weighted by Crippen LogP contribution is -2.33. The van der Waals surface area contributed by atoms with Crippen LogP contribution in [0.1, 0.15) is 37.7 Å². The van der Waals surface area contributed by atoms with E-state index in [4.69, 9.17) is 0 Å². The average molecular weight is 294 g/mol. The van der Waals surface area contributed by atoms with Crippen LogP contribution in [0.5, 0.6) is 0 Å². The van der Waals surface area contributed by atoms with Gasteiger partial charge in [-0.3, -0.25) is 0 Å². The number of sulfonamides is 1. The Morgan fingerprint density at radius 2 is 1.70 bits per heavy atom. The summed E-state index contributed by atoms with van der Waals surface area (Å²) in [5.41, 5.74) is 2.20. The molecule has 0 atom stereocenters. The number of benzene rings is 1. The van der Waals surface area contributed by atoms with Gasteiger partial charge in [0.2, 0.25) is 10.0 Å². The highest BCUT2D eigenvalue weighted by Crippen LogP contribution is 2.27. The van der Waals surface area contributed by atoms with Crippen molar-refractivity contribution in [2.45, 2.75) is 43.4 Å². The summed E-state index contributed by atoms with van der Waals surface area (Å²) in [5, 5.41) is 3.27. The number of nitrogens with one attached hydrogen (secondary N) is 1. The van der Waals surface area contributed by atoms with Crippen LogP contribution in [0.4, 0.5) is 5.69 Å². The van der Waals surface area contributed by atoms with E-state index in [1.807, 2.05) is 12.1 Å². The van der Waals surface area contributed by atoms with Gasteiger partial charge in [-0.1, -0.05) is 19.3 Å². The molecule has 0 amide bonds. The lowest BCUT2D eigenvalue weighted by atomic mass is 10.1. The lowest BCUT2D eigenvalue weighted by molar-refractivity contribution is 0.364. The fourth-order valence-electron chi connectivity index (χ4n) is 3.05. The maximum absolute atomic E-state index is 12.8. The van der Waals surface area contributed by atoms with Gasteiger partial charge in [-0.15, -0.1) is 0 Å². The molecular weight excluding hydrogens is 272 g/mol. The molecule has 0 unspecified atom stereocenters. The van der Waals surface area contributed by atoms with Crippen LogP contribution >= 0.6 is 0 Å². The standard InChI is InChI=1S/C15H22N2O2S/c18-20(19,17-10-4-2-1-3-5-11-17)14-6-7-15-13(12-14)8-9-16-15/h6-7,12,16H,1-5,8-11H2. The van der Waals surface area contributed by atoms with E-state index in [1.54, 1.807) is 10.4 Å². The van der Waals surface area contributed by atoms with Gasteiger partial charge in [0, 0.05) is 25.3 Å². The fourth-order valence-corrected chi connectivity index (χ4v) is 4.62.